The second kappa shape index (κ2) is 5.27. The van der Waals surface area contributed by atoms with Crippen LogP contribution in [-0.4, -0.2) is 12.0 Å². The maximum absolute atomic E-state index is 12.8. The molecule has 0 N–H and O–H groups in total. The third kappa shape index (κ3) is 3.03. The Bertz CT molecular complexity index is 499. The minimum atomic E-state index is -0.207. The van der Waals surface area contributed by atoms with Gasteiger partial charge in [0.25, 0.3) is 0 Å². The number of halogens is 2. The number of anilines is 1. The lowest BCUT2D eigenvalue weighted by Gasteiger charge is -2.20. The van der Waals surface area contributed by atoms with E-state index in [1.54, 1.807) is 24.5 Å². The smallest absolute Gasteiger partial charge is 0.123 e. The highest BCUT2D eigenvalue weighted by Gasteiger charge is 2.05. The molecule has 0 spiro atoms. The molecule has 0 aliphatic rings. The van der Waals surface area contributed by atoms with Crippen LogP contribution in [0, 0.1) is 5.82 Å². The minimum Gasteiger partial charge on any atom is -0.369 e. The van der Waals surface area contributed by atoms with Crippen LogP contribution in [0.4, 0.5) is 10.1 Å². The van der Waals surface area contributed by atoms with E-state index in [-0.39, 0.29) is 5.82 Å². The van der Waals surface area contributed by atoms with Crippen LogP contribution in [0.15, 0.2) is 47.2 Å². The minimum absolute atomic E-state index is 0.207. The summed E-state index contributed by atoms with van der Waals surface area (Å²) in [5.74, 6) is -0.207. The van der Waals surface area contributed by atoms with Gasteiger partial charge in [-0.2, -0.15) is 0 Å². The molecule has 1 aromatic heterocycles. The van der Waals surface area contributed by atoms with Crippen molar-refractivity contribution in [3.8, 4) is 0 Å². The number of hydrogen-bond acceptors (Lipinski definition) is 2. The molecule has 1 heterocycles. The van der Waals surface area contributed by atoms with Crippen LogP contribution in [-0.2, 0) is 6.54 Å². The monoisotopic (exact) mass is 294 g/mol. The molecule has 0 aliphatic heterocycles. The average molecular weight is 295 g/mol. The Balaban J connectivity index is 2.14. The highest BCUT2D eigenvalue weighted by Crippen LogP contribution is 2.24. The first-order chi connectivity index (χ1) is 8.16. The van der Waals surface area contributed by atoms with E-state index in [1.807, 2.05) is 13.1 Å². The fraction of sp³-hybridized carbons (Fsp3) is 0.154. The number of aromatic nitrogens is 1. The van der Waals surface area contributed by atoms with Gasteiger partial charge < -0.3 is 4.90 Å². The molecule has 17 heavy (non-hydrogen) atoms. The van der Waals surface area contributed by atoms with Crippen LogP contribution in [0.25, 0.3) is 0 Å². The van der Waals surface area contributed by atoms with Crippen molar-refractivity contribution in [2.75, 3.05) is 11.9 Å². The molecule has 0 radical (unpaired) electrons. The number of pyridine rings is 1. The Hall–Kier alpha value is -1.42. The topological polar surface area (TPSA) is 16.1 Å². The van der Waals surface area contributed by atoms with Gasteiger partial charge in [0, 0.05) is 26.0 Å². The summed E-state index contributed by atoms with van der Waals surface area (Å²) in [6, 6.07) is 8.48. The number of hydrogen-bond donors (Lipinski definition) is 0. The molecule has 2 nitrogen and oxygen atoms in total. The molecule has 0 saturated carbocycles. The number of nitrogens with zero attached hydrogens (tertiary/aromatic N) is 2. The van der Waals surface area contributed by atoms with Crippen molar-refractivity contribution >= 4 is 21.6 Å². The first kappa shape index (κ1) is 12.0. The van der Waals surface area contributed by atoms with Gasteiger partial charge in [0.2, 0.25) is 0 Å². The summed E-state index contributed by atoms with van der Waals surface area (Å²) < 4.78 is 13.7. The molecule has 4 heteroatoms. The fourth-order valence-corrected chi connectivity index (χ4v) is 2.18. The van der Waals surface area contributed by atoms with E-state index in [9.17, 15) is 4.39 Å². The predicted octanol–water partition coefficient (Wildman–Crippen LogP) is 3.62. The summed E-state index contributed by atoms with van der Waals surface area (Å²) in [4.78, 5) is 6.11. The fourth-order valence-electron chi connectivity index (χ4n) is 1.63. The highest BCUT2D eigenvalue weighted by molar-refractivity contribution is 9.10. The Labute approximate surface area is 108 Å². The summed E-state index contributed by atoms with van der Waals surface area (Å²) in [5, 5.41) is 0. The zero-order chi connectivity index (χ0) is 12.3. The van der Waals surface area contributed by atoms with Gasteiger partial charge in [-0.25, -0.2) is 4.39 Å². The normalized spacial score (nSPS) is 10.3. The van der Waals surface area contributed by atoms with Crippen LogP contribution in [0.1, 0.15) is 5.56 Å². The van der Waals surface area contributed by atoms with E-state index in [2.05, 4.69) is 25.8 Å². The van der Waals surface area contributed by atoms with Crippen LogP contribution in [0.2, 0.25) is 0 Å². The lowest BCUT2D eigenvalue weighted by Crippen LogP contribution is -2.16. The van der Waals surface area contributed by atoms with Gasteiger partial charge in [-0.1, -0.05) is 12.1 Å². The maximum atomic E-state index is 12.8. The second-order valence-corrected chi connectivity index (χ2v) is 4.66. The number of rotatable bonds is 3. The summed E-state index contributed by atoms with van der Waals surface area (Å²) in [6.07, 6.45) is 3.51. The van der Waals surface area contributed by atoms with Gasteiger partial charge in [0.05, 0.1) is 10.2 Å². The van der Waals surface area contributed by atoms with Crippen LogP contribution < -0.4 is 4.90 Å². The summed E-state index contributed by atoms with van der Waals surface area (Å²) in [6.45, 7) is 0.725. The van der Waals surface area contributed by atoms with Crippen molar-refractivity contribution in [1.29, 1.82) is 0 Å². The molecule has 0 saturated heterocycles. The van der Waals surface area contributed by atoms with E-state index in [0.717, 1.165) is 22.3 Å². The maximum Gasteiger partial charge on any atom is 0.123 e. The van der Waals surface area contributed by atoms with Crippen LogP contribution in [0.5, 0.6) is 0 Å². The third-order valence-electron chi connectivity index (χ3n) is 2.50. The van der Waals surface area contributed by atoms with E-state index in [4.69, 9.17) is 0 Å². The molecule has 2 aromatic rings. The van der Waals surface area contributed by atoms with Crippen LogP contribution in [0.3, 0.4) is 0 Å². The van der Waals surface area contributed by atoms with Gasteiger partial charge in [0.1, 0.15) is 5.82 Å². The third-order valence-corrected chi connectivity index (χ3v) is 3.11. The van der Waals surface area contributed by atoms with E-state index in [1.165, 1.54) is 12.1 Å². The van der Waals surface area contributed by atoms with Crippen molar-refractivity contribution in [2.45, 2.75) is 6.54 Å². The first-order valence-corrected chi connectivity index (χ1v) is 6.01. The molecular weight excluding hydrogens is 283 g/mol. The molecule has 2 rings (SSSR count). The van der Waals surface area contributed by atoms with Gasteiger partial charge in [-0.05, 0) is 39.7 Å². The largest absolute Gasteiger partial charge is 0.369 e. The highest BCUT2D eigenvalue weighted by atomic mass is 79.9. The summed E-state index contributed by atoms with van der Waals surface area (Å²) in [7, 11) is 1.99. The molecule has 0 unspecified atom stereocenters. The summed E-state index contributed by atoms with van der Waals surface area (Å²) in [5.41, 5.74) is 2.13. The first-order valence-electron chi connectivity index (χ1n) is 5.22. The summed E-state index contributed by atoms with van der Waals surface area (Å²) >= 11 is 3.46. The van der Waals surface area contributed by atoms with Gasteiger partial charge in [-0.3, -0.25) is 4.98 Å². The molecular formula is C13H12BrFN2. The quantitative estimate of drug-likeness (QED) is 0.859. The lowest BCUT2D eigenvalue weighted by molar-refractivity contribution is 0.627. The Morgan fingerprint density at radius 3 is 2.59 bits per heavy atom. The van der Waals surface area contributed by atoms with E-state index < -0.39 is 0 Å². The molecule has 0 bridgehead atoms. The van der Waals surface area contributed by atoms with Crippen molar-refractivity contribution in [3.05, 3.63) is 58.6 Å². The Morgan fingerprint density at radius 2 is 1.94 bits per heavy atom. The van der Waals surface area contributed by atoms with Crippen molar-refractivity contribution in [3.63, 3.8) is 0 Å². The van der Waals surface area contributed by atoms with Gasteiger partial charge in [-0.15, -0.1) is 0 Å². The Kier molecular flexibility index (Phi) is 3.74. The predicted molar refractivity (Wildman–Crippen MR) is 70.4 cm³/mol. The average Bonchev–Trinajstić information content (AvgIpc) is 2.32. The van der Waals surface area contributed by atoms with Gasteiger partial charge >= 0.3 is 0 Å². The van der Waals surface area contributed by atoms with Crippen LogP contribution >= 0.6 is 15.9 Å². The molecule has 88 valence electrons. The zero-order valence-corrected chi connectivity index (χ0v) is 11.0. The Morgan fingerprint density at radius 1 is 1.24 bits per heavy atom. The van der Waals surface area contributed by atoms with E-state index in [0.29, 0.717) is 0 Å². The number of benzene rings is 1. The van der Waals surface area contributed by atoms with Gasteiger partial charge in [0.15, 0.2) is 0 Å². The lowest BCUT2D eigenvalue weighted by atomic mass is 10.2. The second-order valence-electron chi connectivity index (χ2n) is 3.81. The standard InChI is InChI=1S/C13H12BrFN2/c1-17(13-6-7-16-8-12(13)14)9-10-2-4-11(15)5-3-10/h2-8H,9H2,1H3. The molecule has 0 fully saturated rings. The van der Waals surface area contributed by atoms with E-state index >= 15 is 0 Å². The molecule has 1 aromatic carbocycles. The van der Waals surface area contributed by atoms with Crippen molar-refractivity contribution < 1.29 is 4.39 Å². The molecule has 0 atom stereocenters. The SMILES string of the molecule is CN(Cc1ccc(F)cc1)c1ccncc1Br. The molecule has 0 aliphatic carbocycles. The van der Waals surface area contributed by atoms with Crippen molar-refractivity contribution in [1.82, 2.24) is 4.98 Å². The van der Waals surface area contributed by atoms with Crippen molar-refractivity contribution in [2.24, 2.45) is 0 Å². The molecule has 0 amide bonds. The zero-order valence-electron chi connectivity index (χ0n) is 9.40.